The fourth-order valence-corrected chi connectivity index (χ4v) is 3.95. The molecule has 1 atom stereocenters. The van der Waals surface area contributed by atoms with Gasteiger partial charge in [-0.1, -0.05) is 60.7 Å². The highest BCUT2D eigenvalue weighted by Gasteiger charge is 2.30. The van der Waals surface area contributed by atoms with Crippen molar-refractivity contribution in [1.29, 1.82) is 0 Å². The second-order valence-corrected chi connectivity index (χ2v) is 8.35. The molecule has 1 heterocycles. The van der Waals surface area contributed by atoms with E-state index >= 15 is 0 Å². The molecule has 35 heavy (non-hydrogen) atoms. The van der Waals surface area contributed by atoms with Crippen LogP contribution in [-0.4, -0.2) is 29.4 Å². The van der Waals surface area contributed by atoms with Crippen molar-refractivity contribution >= 4 is 10.9 Å². The van der Waals surface area contributed by atoms with Crippen molar-refractivity contribution < 1.29 is 18.6 Å². The normalized spacial score (nSPS) is 12.5. The summed E-state index contributed by atoms with van der Waals surface area (Å²) in [6.45, 7) is 0.735. The number of benzene rings is 3. The first-order valence-electron chi connectivity index (χ1n) is 11.6. The third kappa shape index (κ3) is 6.32. The molecule has 0 aliphatic heterocycles. The molecule has 0 aliphatic rings. The number of aromatic nitrogens is 1. The van der Waals surface area contributed by atoms with Crippen LogP contribution in [0.4, 0.5) is 8.78 Å². The van der Waals surface area contributed by atoms with Crippen LogP contribution in [0.25, 0.3) is 10.9 Å². The van der Waals surface area contributed by atoms with Crippen molar-refractivity contribution in [2.45, 2.75) is 25.0 Å². The van der Waals surface area contributed by atoms with Crippen LogP contribution < -0.4 is 15.6 Å². The van der Waals surface area contributed by atoms with Gasteiger partial charge in [-0.25, -0.2) is 8.78 Å². The van der Waals surface area contributed by atoms with Gasteiger partial charge >= 0.3 is 0 Å². The quantitative estimate of drug-likeness (QED) is 0.302. The molecule has 1 aromatic heterocycles. The van der Waals surface area contributed by atoms with E-state index in [0.29, 0.717) is 24.2 Å². The zero-order chi connectivity index (χ0) is 24.7. The number of para-hydroxylation sites is 1. The van der Waals surface area contributed by atoms with Crippen LogP contribution in [0.3, 0.4) is 0 Å². The van der Waals surface area contributed by atoms with Crippen molar-refractivity contribution in [3.8, 4) is 5.75 Å². The average Bonchev–Trinajstić information content (AvgIpc) is 2.87. The van der Waals surface area contributed by atoms with E-state index in [4.69, 9.17) is 4.74 Å². The molecule has 5 nitrogen and oxygen atoms in total. The number of nitrogens with zero attached hydrogens (tertiary/aromatic N) is 1. The Labute approximate surface area is 202 Å². The standard InChI is InChI=1S/C28H28F2N2O3/c29-28(30,23-7-2-1-3-8-23)17-19-35-24-13-10-21(11-14-24)16-18-31-20-27(34)32-25-9-5-4-6-22(25)12-15-26(32)33/h1-15,27,31,34H,16-20H2. The Morgan fingerprint density at radius 3 is 2.40 bits per heavy atom. The Bertz CT molecular complexity index is 1290. The molecule has 182 valence electrons. The fourth-order valence-electron chi connectivity index (χ4n) is 3.95. The van der Waals surface area contributed by atoms with Crippen LogP contribution >= 0.6 is 0 Å². The maximum Gasteiger partial charge on any atom is 0.276 e. The monoisotopic (exact) mass is 478 g/mol. The Hall–Kier alpha value is -3.55. The lowest BCUT2D eigenvalue weighted by molar-refractivity contribution is -0.0242. The van der Waals surface area contributed by atoms with Gasteiger partial charge in [0.2, 0.25) is 0 Å². The number of halogens is 2. The van der Waals surface area contributed by atoms with Gasteiger partial charge in [-0.05, 0) is 48.2 Å². The summed E-state index contributed by atoms with van der Waals surface area (Å²) in [6, 6.07) is 25.7. The van der Waals surface area contributed by atoms with E-state index in [0.717, 1.165) is 10.9 Å². The number of aliphatic hydroxyl groups excluding tert-OH is 1. The van der Waals surface area contributed by atoms with Gasteiger partial charge in [0.1, 0.15) is 12.0 Å². The lowest BCUT2D eigenvalue weighted by atomic mass is 10.1. The fraction of sp³-hybridized carbons (Fsp3) is 0.250. The van der Waals surface area contributed by atoms with Crippen molar-refractivity contribution in [3.05, 3.63) is 112 Å². The number of ether oxygens (including phenoxy) is 1. The zero-order valence-corrected chi connectivity index (χ0v) is 19.2. The summed E-state index contributed by atoms with van der Waals surface area (Å²) in [6.07, 6.45) is -0.688. The van der Waals surface area contributed by atoms with Crippen LogP contribution in [0.15, 0.2) is 95.8 Å². The molecule has 0 aliphatic carbocycles. The Balaban J connectivity index is 1.22. The first-order chi connectivity index (χ1) is 16.9. The van der Waals surface area contributed by atoms with Crippen molar-refractivity contribution in [2.75, 3.05) is 19.7 Å². The molecule has 7 heteroatoms. The van der Waals surface area contributed by atoms with Crippen molar-refractivity contribution in [3.63, 3.8) is 0 Å². The largest absolute Gasteiger partial charge is 0.493 e. The Kier molecular flexibility index (Phi) is 7.90. The number of pyridine rings is 1. The van der Waals surface area contributed by atoms with Crippen LogP contribution in [0.1, 0.15) is 23.8 Å². The Morgan fingerprint density at radius 1 is 0.914 bits per heavy atom. The molecule has 0 saturated carbocycles. The molecule has 0 saturated heterocycles. The highest BCUT2D eigenvalue weighted by atomic mass is 19.3. The average molecular weight is 479 g/mol. The predicted molar refractivity (Wildman–Crippen MR) is 133 cm³/mol. The molecule has 4 rings (SSSR count). The van der Waals surface area contributed by atoms with Crippen molar-refractivity contribution in [1.82, 2.24) is 9.88 Å². The molecular formula is C28H28F2N2O3. The van der Waals surface area contributed by atoms with Crippen LogP contribution in [0.2, 0.25) is 0 Å². The minimum atomic E-state index is -2.94. The number of aliphatic hydroxyl groups is 1. The van der Waals surface area contributed by atoms with Gasteiger partial charge in [-0.2, -0.15) is 0 Å². The zero-order valence-electron chi connectivity index (χ0n) is 19.2. The summed E-state index contributed by atoms with van der Waals surface area (Å²) in [5.74, 6) is -2.40. The SMILES string of the molecule is O=c1ccc2ccccc2n1C(O)CNCCc1ccc(OCCC(F)(F)c2ccccc2)cc1. The molecular weight excluding hydrogens is 450 g/mol. The predicted octanol–water partition coefficient (Wildman–Crippen LogP) is 4.89. The minimum Gasteiger partial charge on any atom is -0.493 e. The van der Waals surface area contributed by atoms with Crippen LogP contribution in [0, 0.1) is 0 Å². The molecule has 0 fully saturated rings. The molecule has 0 bridgehead atoms. The first kappa shape index (κ1) is 24.6. The molecule has 0 spiro atoms. The maximum absolute atomic E-state index is 14.2. The third-order valence-electron chi connectivity index (χ3n) is 5.86. The molecule has 3 aromatic carbocycles. The third-order valence-corrected chi connectivity index (χ3v) is 5.86. The molecule has 2 N–H and O–H groups in total. The summed E-state index contributed by atoms with van der Waals surface area (Å²) in [5.41, 5.74) is 1.46. The number of rotatable bonds is 11. The summed E-state index contributed by atoms with van der Waals surface area (Å²) in [7, 11) is 0. The molecule has 0 radical (unpaired) electrons. The molecule has 1 unspecified atom stereocenters. The summed E-state index contributed by atoms with van der Waals surface area (Å²) < 4.78 is 35.4. The smallest absolute Gasteiger partial charge is 0.276 e. The van der Waals surface area contributed by atoms with E-state index in [1.165, 1.54) is 22.8 Å². The van der Waals surface area contributed by atoms with Gasteiger partial charge < -0.3 is 15.2 Å². The number of hydrogen-bond donors (Lipinski definition) is 2. The maximum atomic E-state index is 14.2. The van der Waals surface area contributed by atoms with Gasteiger partial charge in [0.05, 0.1) is 12.1 Å². The van der Waals surface area contributed by atoms with E-state index in [1.807, 2.05) is 36.4 Å². The summed E-state index contributed by atoms with van der Waals surface area (Å²) in [5, 5.41) is 14.6. The highest BCUT2D eigenvalue weighted by Crippen LogP contribution is 2.31. The number of nitrogens with one attached hydrogen (secondary N) is 1. The number of fused-ring (bicyclic) bond motifs is 1. The number of alkyl halides is 2. The van der Waals surface area contributed by atoms with Gasteiger partial charge in [-0.15, -0.1) is 0 Å². The second kappa shape index (κ2) is 11.3. The van der Waals surface area contributed by atoms with Crippen LogP contribution in [-0.2, 0) is 12.3 Å². The summed E-state index contributed by atoms with van der Waals surface area (Å²) >= 11 is 0. The lowest BCUT2D eigenvalue weighted by Gasteiger charge is -2.17. The van der Waals surface area contributed by atoms with E-state index in [9.17, 15) is 18.7 Å². The van der Waals surface area contributed by atoms with E-state index in [-0.39, 0.29) is 24.3 Å². The van der Waals surface area contributed by atoms with Gasteiger partial charge in [0.15, 0.2) is 0 Å². The van der Waals surface area contributed by atoms with Gasteiger partial charge in [0, 0.05) is 24.6 Å². The highest BCUT2D eigenvalue weighted by molar-refractivity contribution is 5.78. The second-order valence-electron chi connectivity index (χ2n) is 8.35. The molecule has 4 aromatic rings. The summed E-state index contributed by atoms with van der Waals surface area (Å²) in [4.78, 5) is 12.3. The van der Waals surface area contributed by atoms with E-state index in [1.54, 1.807) is 36.4 Å². The van der Waals surface area contributed by atoms with Crippen molar-refractivity contribution in [2.24, 2.45) is 0 Å². The van der Waals surface area contributed by atoms with Gasteiger partial charge in [0.25, 0.3) is 11.5 Å². The minimum absolute atomic E-state index is 0.0121. The Morgan fingerprint density at radius 2 is 1.63 bits per heavy atom. The van der Waals surface area contributed by atoms with Gasteiger partial charge in [-0.3, -0.25) is 9.36 Å². The number of hydrogen-bond acceptors (Lipinski definition) is 4. The topological polar surface area (TPSA) is 63.5 Å². The first-order valence-corrected chi connectivity index (χ1v) is 11.6. The van der Waals surface area contributed by atoms with E-state index < -0.39 is 18.6 Å². The van der Waals surface area contributed by atoms with E-state index in [2.05, 4.69) is 5.32 Å². The lowest BCUT2D eigenvalue weighted by Crippen LogP contribution is -2.32. The molecule has 0 amide bonds. The van der Waals surface area contributed by atoms with Crippen LogP contribution in [0.5, 0.6) is 5.75 Å².